The molecule has 0 aromatic heterocycles. The summed E-state index contributed by atoms with van der Waals surface area (Å²) in [6.07, 6.45) is 0.613. The number of nitrogens with zero attached hydrogens (tertiary/aromatic N) is 1. The van der Waals surface area contributed by atoms with E-state index in [2.05, 4.69) is 0 Å². The fourth-order valence-corrected chi connectivity index (χ4v) is 1.76. The van der Waals surface area contributed by atoms with Crippen LogP contribution in [0.25, 0.3) is 0 Å². The molecule has 1 heterocycles. The van der Waals surface area contributed by atoms with E-state index in [0.29, 0.717) is 26.1 Å². The number of amides is 2. The van der Waals surface area contributed by atoms with Gasteiger partial charge in [0.25, 0.3) is 0 Å². The third-order valence-electron chi connectivity index (χ3n) is 2.76. The summed E-state index contributed by atoms with van der Waals surface area (Å²) in [4.78, 5) is 24.7. The van der Waals surface area contributed by atoms with E-state index in [1.54, 1.807) is 0 Å². The summed E-state index contributed by atoms with van der Waals surface area (Å²) >= 11 is 0. The van der Waals surface area contributed by atoms with Gasteiger partial charge in [-0.05, 0) is 13.0 Å². The number of morpholine rings is 1. The minimum atomic E-state index is -0.638. The lowest BCUT2D eigenvalue weighted by atomic mass is 10.0. The Balaban J connectivity index is 2.67. The molecular weight excluding hydrogens is 210 g/mol. The Morgan fingerprint density at radius 2 is 2.25 bits per heavy atom. The van der Waals surface area contributed by atoms with Gasteiger partial charge in [-0.3, -0.25) is 9.59 Å². The molecule has 1 saturated heterocycles. The van der Waals surface area contributed by atoms with Crippen molar-refractivity contribution in [2.45, 2.75) is 19.4 Å². The largest absolute Gasteiger partial charge is 0.377 e. The van der Waals surface area contributed by atoms with Crippen molar-refractivity contribution < 1.29 is 14.3 Å². The SMILES string of the molecule is CC(CCN)C(=O)N1CCOCC1C(N)=O. The summed E-state index contributed by atoms with van der Waals surface area (Å²) < 4.78 is 5.14. The molecule has 92 valence electrons. The lowest BCUT2D eigenvalue weighted by molar-refractivity contribution is -0.150. The van der Waals surface area contributed by atoms with Gasteiger partial charge in [-0.1, -0.05) is 6.92 Å². The van der Waals surface area contributed by atoms with Gasteiger partial charge in [-0.2, -0.15) is 0 Å². The van der Waals surface area contributed by atoms with Crippen LogP contribution in [0.15, 0.2) is 0 Å². The number of hydrogen-bond acceptors (Lipinski definition) is 4. The van der Waals surface area contributed by atoms with Crippen LogP contribution in [0.1, 0.15) is 13.3 Å². The Labute approximate surface area is 94.9 Å². The predicted molar refractivity (Wildman–Crippen MR) is 58.3 cm³/mol. The van der Waals surface area contributed by atoms with Crippen molar-refractivity contribution in [3.05, 3.63) is 0 Å². The number of carbonyl (C=O) groups is 2. The first kappa shape index (κ1) is 12.9. The van der Waals surface area contributed by atoms with Gasteiger partial charge in [0.15, 0.2) is 0 Å². The van der Waals surface area contributed by atoms with Crippen molar-refractivity contribution in [1.82, 2.24) is 4.90 Å². The maximum Gasteiger partial charge on any atom is 0.242 e. The molecule has 2 amide bonds. The van der Waals surface area contributed by atoms with Crippen LogP contribution in [0.5, 0.6) is 0 Å². The molecule has 16 heavy (non-hydrogen) atoms. The van der Waals surface area contributed by atoms with E-state index in [1.807, 2.05) is 6.92 Å². The van der Waals surface area contributed by atoms with E-state index in [4.69, 9.17) is 16.2 Å². The van der Waals surface area contributed by atoms with Crippen LogP contribution < -0.4 is 11.5 Å². The highest BCUT2D eigenvalue weighted by Gasteiger charge is 2.33. The summed E-state index contributed by atoms with van der Waals surface area (Å²) in [6.45, 7) is 3.32. The fraction of sp³-hybridized carbons (Fsp3) is 0.800. The number of rotatable bonds is 4. The van der Waals surface area contributed by atoms with Crippen molar-refractivity contribution in [1.29, 1.82) is 0 Å². The summed E-state index contributed by atoms with van der Waals surface area (Å²) in [6, 6.07) is -0.638. The third kappa shape index (κ3) is 2.93. The smallest absolute Gasteiger partial charge is 0.242 e. The fourth-order valence-electron chi connectivity index (χ4n) is 1.76. The van der Waals surface area contributed by atoms with Crippen molar-refractivity contribution >= 4 is 11.8 Å². The van der Waals surface area contributed by atoms with E-state index >= 15 is 0 Å². The monoisotopic (exact) mass is 229 g/mol. The maximum absolute atomic E-state index is 12.0. The average molecular weight is 229 g/mol. The molecule has 1 fully saturated rings. The van der Waals surface area contributed by atoms with Crippen LogP contribution in [0.2, 0.25) is 0 Å². The Morgan fingerprint density at radius 1 is 1.56 bits per heavy atom. The van der Waals surface area contributed by atoms with Crippen LogP contribution in [0.3, 0.4) is 0 Å². The number of primary amides is 1. The first-order valence-electron chi connectivity index (χ1n) is 5.45. The quantitative estimate of drug-likeness (QED) is 0.625. The first-order valence-corrected chi connectivity index (χ1v) is 5.45. The minimum absolute atomic E-state index is 0.0717. The second-order valence-corrected chi connectivity index (χ2v) is 4.00. The van der Waals surface area contributed by atoms with Gasteiger partial charge in [-0.15, -0.1) is 0 Å². The van der Waals surface area contributed by atoms with E-state index in [-0.39, 0.29) is 18.4 Å². The lowest BCUT2D eigenvalue weighted by Crippen LogP contribution is -2.56. The van der Waals surface area contributed by atoms with Gasteiger partial charge >= 0.3 is 0 Å². The first-order chi connectivity index (χ1) is 7.57. The molecule has 0 bridgehead atoms. The lowest BCUT2D eigenvalue weighted by Gasteiger charge is -2.35. The molecule has 6 nitrogen and oxygen atoms in total. The number of hydrogen-bond donors (Lipinski definition) is 2. The van der Waals surface area contributed by atoms with Gasteiger partial charge in [0.1, 0.15) is 6.04 Å². The molecule has 0 saturated carbocycles. The summed E-state index contributed by atoms with van der Waals surface area (Å²) in [5, 5.41) is 0. The molecule has 2 unspecified atom stereocenters. The molecule has 0 spiro atoms. The molecule has 0 aliphatic carbocycles. The molecule has 4 N–H and O–H groups in total. The summed E-state index contributed by atoms with van der Waals surface area (Å²) in [5.41, 5.74) is 10.6. The van der Waals surface area contributed by atoms with Crippen LogP contribution in [-0.2, 0) is 14.3 Å². The third-order valence-corrected chi connectivity index (χ3v) is 2.76. The van der Waals surface area contributed by atoms with Crippen molar-refractivity contribution in [2.75, 3.05) is 26.3 Å². The van der Waals surface area contributed by atoms with Gasteiger partial charge in [0.2, 0.25) is 11.8 Å². The maximum atomic E-state index is 12.0. The number of ether oxygens (including phenoxy) is 1. The van der Waals surface area contributed by atoms with Crippen molar-refractivity contribution in [3.63, 3.8) is 0 Å². The molecule has 2 atom stereocenters. The van der Waals surface area contributed by atoms with Crippen molar-refractivity contribution in [2.24, 2.45) is 17.4 Å². The molecule has 1 rings (SSSR count). The normalized spacial score (nSPS) is 22.9. The number of nitrogens with two attached hydrogens (primary N) is 2. The van der Waals surface area contributed by atoms with Gasteiger partial charge in [0.05, 0.1) is 13.2 Å². The van der Waals surface area contributed by atoms with E-state index in [9.17, 15) is 9.59 Å². The second-order valence-electron chi connectivity index (χ2n) is 4.00. The van der Waals surface area contributed by atoms with E-state index < -0.39 is 11.9 Å². The standard InChI is InChI=1S/C10H19N3O3/c1-7(2-3-11)10(15)13-4-5-16-6-8(13)9(12)14/h7-8H,2-6,11H2,1H3,(H2,12,14). The zero-order chi connectivity index (χ0) is 12.1. The highest BCUT2D eigenvalue weighted by atomic mass is 16.5. The highest BCUT2D eigenvalue weighted by molar-refractivity contribution is 5.87. The second kappa shape index (κ2) is 5.81. The Kier molecular flexibility index (Phi) is 4.70. The highest BCUT2D eigenvalue weighted by Crippen LogP contribution is 2.13. The molecule has 0 aromatic carbocycles. The van der Waals surface area contributed by atoms with Crippen LogP contribution in [0, 0.1) is 5.92 Å². The predicted octanol–water partition coefficient (Wildman–Crippen LogP) is -1.32. The van der Waals surface area contributed by atoms with Crippen LogP contribution in [0.4, 0.5) is 0 Å². The average Bonchev–Trinajstić information content (AvgIpc) is 2.28. The van der Waals surface area contributed by atoms with Gasteiger partial charge in [0, 0.05) is 12.5 Å². The summed E-state index contributed by atoms with van der Waals surface area (Å²) in [7, 11) is 0. The Hall–Kier alpha value is -1.14. The van der Waals surface area contributed by atoms with E-state index in [1.165, 1.54) is 4.90 Å². The van der Waals surface area contributed by atoms with Crippen LogP contribution >= 0.6 is 0 Å². The molecule has 6 heteroatoms. The number of carbonyl (C=O) groups excluding carboxylic acids is 2. The molecule has 0 aromatic rings. The Morgan fingerprint density at radius 3 is 2.81 bits per heavy atom. The topological polar surface area (TPSA) is 98.7 Å². The molecule has 1 aliphatic rings. The minimum Gasteiger partial charge on any atom is -0.377 e. The summed E-state index contributed by atoms with van der Waals surface area (Å²) in [5.74, 6) is -0.768. The van der Waals surface area contributed by atoms with Gasteiger partial charge < -0.3 is 21.1 Å². The van der Waals surface area contributed by atoms with Crippen molar-refractivity contribution in [3.8, 4) is 0 Å². The molecule has 0 radical (unpaired) electrons. The molecular formula is C10H19N3O3. The van der Waals surface area contributed by atoms with Crippen LogP contribution in [-0.4, -0.2) is 49.1 Å². The zero-order valence-electron chi connectivity index (χ0n) is 9.52. The zero-order valence-corrected chi connectivity index (χ0v) is 9.52. The Bertz CT molecular complexity index is 270. The van der Waals surface area contributed by atoms with Gasteiger partial charge in [-0.25, -0.2) is 0 Å². The molecule has 1 aliphatic heterocycles. The van der Waals surface area contributed by atoms with E-state index in [0.717, 1.165) is 0 Å².